The van der Waals surface area contributed by atoms with E-state index in [9.17, 15) is 9.90 Å². The first-order valence-corrected chi connectivity index (χ1v) is 8.13. The molecule has 1 aliphatic heterocycles. The van der Waals surface area contributed by atoms with Crippen molar-refractivity contribution in [2.45, 2.75) is 63.8 Å². The zero-order valence-corrected chi connectivity index (χ0v) is 13.1. The fourth-order valence-electron chi connectivity index (χ4n) is 3.69. The van der Waals surface area contributed by atoms with Crippen LogP contribution in [0.4, 0.5) is 5.69 Å². The number of benzene rings is 1. The Bertz CT molecular complexity index is 544. The summed E-state index contributed by atoms with van der Waals surface area (Å²) in [4.78, 5) is 14.0. The van der Waals surface area contributed by atoms with Gasteiger partial charge in [-0.25, -0.2) is 0 Å². The molecule has 2 aliphatic rings. The maximum Gasteiger partial charge on any atom is 0.313 e. The van der Waals surface area contributed by atoms with Gasteiger partial charge in [0.1, 0.15) is 0 Å². The van der Waals surface area contributed by atoms with Crippen LogP contribution < -0.4 is 4.90 Å². The fourth-order valence-corrected chi connectivity index (χ4v) is 3.69. The molecule has 21 heavy (non-hydrogen) atoms. The zero-order valence-electron chi connectivity index (χ0n) is 13.1. The Morgan fingerprint density at radius 2 is 1.95 bits per heavy atom. The van der Waals surface area contributed by atoms with Gasteiger partial charge in [0.25, 0.3) is 0 Å². The number of anilines is 1. The van der Waals surface area contributed by atoms with E-state index in [1.165, 1.54) is 43.4 Å². The second-order valence-electron chi connectivity index (χ2n) is 7.01. The highest BCUT2D eigenvalue weighted by molar-refractivity contribution is 5.81. The Morgan fingerprint density at radius 1 is 1.24 bits per heavy atom. The minimum Gasteiger partial charge on any atom is -0.481 e. The van der Waals surface area contributed by atoms with Gasteiger partial charge in [0.05, 0.1) is 5.41 Å². The summed E-state index contributed by atoms with van der Waals surface area (Å²) >= 11 is 0. The maximum atomic E-state index is 11.5. The monoisotopic (exact) mass is 287 g/mol. The van der Waals surface area contributed by atoms with Gasteiger partial charge in [-0.3, -0.25) is 4.79 Å². The summed E-state index contributed by atoms with van der Waals surface area (Å²) in [6.07, 6.45) is 7.69. The van der Waals surface area contributed by atoms with Crippen LogP contribution in [0.1, 0.15) is 57.1 Å². The Balaban J connectivity index is 1.92. The van der Waals surface area contributed by atoms with Gasteiger partial charge in [0.15, 0.2) is 0 Å². The smallest absolute Gasteiger partial charge is 0.313 e. The molecule has 1 saturated carbocycles. The molecule has 1 aliphatic carbocycles. The first kappa shape index (κ1) is 14.4. The summed E-state index contributed by atoms with van der Waals surface area (Å²) in [5, 5.41) is 9.44. The molecule has 0 unspecified atom stereocenters. The van der Waals surface area contributed by atoms with E-state index in [1.54, 1.807) is 13.8 Å². The quantitative estimate of drug-likeness (QED) is 0.920. The number of aliphatic carboxylic acids is 1. The van der Waals surface area contributed by atoms with E-state index in [4.69, 9.17) is 0 Å². The van der Waals surface area contributed by atoms with Crippen molar-refractivity contribution in [2.75, 3.05) is 11.4 Å². The molecule has 0 bridgehead atoms. The number of rotatable bonds is 3. The average Bonchev–Trinajstić information content (AvgIpc) is 2.91. The molecule has 0 aromatic heterocycles. The first-order valence-electron chi connectivity index (χ1n) is 8.13. The van der Waals surface area contributed by atoms with E-state index in [2.05, 4.69) is 17.0 Å². The van der Waals surface area contributed by atoms with Crippen molar-refractivity contribution < 1.29 is 9.90 Å². The van der Waals surface area contributed by atoms with Crippen LogP contribution in [0.5, 0.6) is 0 Å². The van der Waals surface area contributed by atoms with E-state index in [0.29, 0.717) is 6.04 Å². The third-order valence-electron chi connectivity index (χ3n) is 5.29. The average molecular weight is 287 g/mol. The van der Waals surface area contributed by atoms with Crippen LogP contribution in [0.15, 0.2) is 18.2 Å². The van der Waals surface area contributed by atoms with Crippen LogP contribution in [-0.4, -0.2) is 23.7 Å². The van der Waals surface area contributed by atoms with Crippen LogP contribution in [0, 0.1) is 0 Å². The molecule has 3 rings (SSSR count). The number of carboxylic acids is 1. The number of fused-ring (bicyclic) bond motifs is 1. The molecule has 0 amide bonds. The molecule has 0 atom stereocenters. The first-order chi connectivity index (χ1) is 10.00. The second-order valence-corrected chi connectivity index (χ2v) is 7.01. The topological polar surface area (TPSA) is 40.5 Å². The third-order valence-corrected chi connectivity index (χ3v) is 5.29. The van der Waals surface area contributed by atoms with E-state index >= 15 is 0 Å². The molecule has 1 heterocycles. The molecule has 1 fully saturated rings. The molecule has 0 radical (unpaired) electrons. The van der Waals surface area contributed by atoms with Crippen molar-refractivity contribution in [1.29, 1.82) is 0 Å². The second kappa shape index (κ2) is 5.36. The minimum atomic E-state index is -0.824. The van der Waals surface area contributed by atoms with Crippen LogP contribution in [0.25, 0.3) is 0 Å². The Kier molecular flexibility index (Phi) is 3.68. The predicted molar refractivity (Wildman–Crippen MR) is 85.0 cm³/mol. The van der Waals surface area contributed by atoms with E-state index < -0.39 is 11.4 Å². The summed E-state index contributed by atoms with van der Waals surface area (Å²) < 4.78 is 0. The summed E-state index contributed by atoms with van der Waals surface area (Å²) in [6.45, 7) is 4.67. The SMILES string of the molecule is CC(C)(C(=O)O)c1ccc2c(c1)N(C1CCCCC1)CC2. The summed E-state index contributed by atoms with van der Waals surface area (Å²) in [5.41, 5.74) is 2.76. The lowest BCUT2D eigenvalue weighted by atomic mass is 9.84. The molecule has 1 N–H and O–H groups in total. The largest absolute Gasteiger partial charge is 0.481 e. The van der Waals surface area contributed by atoms with Gasteiger partial charge in [-0.05, 0) is 50.3 Å². The van der Waals surface area contributed by atoms with Crippen molar-refractivity contribution in [2.24, 2.45) is 0 Å². The molecule has 114 valence electrons. The van der Waals surface area contributed by atoms with Gasteiger partial charge in [0, 0.05) is 18.3 Å². The Labute approximate surface area is 127 Å². The van der Waals surface area contributed by atoms with Crippen molar-refractivity contribution >= 4 is 11.7 Å². The normalized spacial score (nSPS) is 19.6. The van der Waals surface area contributed by atoms with Gasteiger partial charge in [-0.2, -0.15) is 0 Å². The van der Waals surface area contributed by atoms with Crippen molar-refractivity contribution in [1.82, 2.24) is 0 Å². The predicted octanol–water partition coefficient (Wildman–Crippen LogP) is 3.74. The van der Waals surface area contributed by atoms with Crippen LogP contribution in [-0.2, 0) is 16.6 Å². The zero-order chi connectivity index (χ0) is 15.0. The van der Waals surface area contributed by atoms with Gasteiger partial charge in [-0.1, -0.05) is 31.4 Å². The van der Waals surface area contributed by atoms with Crippen molar-refractivity contribution in [3.05, 3.63) is 29.3 Å². The van der Waals surface area contributed by atoms with Crippen molar-refractivity contribution in [3.63, 3.8) is 0 Å². The van der Waals surface area contributed by atoms with Gasteiger partial charge >= 0.3 is 5.97 Å². The maximum absolute atomic E-state index is 11.5. The number of hydrogen-bond acceptors (Lipinski definition) is 2. The molecule has 0 spiro atoms. The summed E-state index contributed by atoms with van der Waals surface area (Å²) in [6, 6.07) is 6.92. The molecule has 3 nitrogen and oxygen atoms in total. The lowest BCUT2D eigenvalue weighted by molar-refractivity contribution is -0.142. The van der Waals surface area contributed by atoms with Gasteiger partial charge < -0.3 is 10.0 Å². The van der Waals surface area contributed by atoms with Gasteiger partial charge in [0.2, 0.25) is 0 Å². The van der Waals surface area contributed by atoms with E-state index in [1.807, 2.05) is 6.07 Å². The van der Waals surface area contributed by atoms with E-state index in [-0.39, 0.29) is 0 Å². The highest BCUT2D eigenvalue weighted by Crippen LogP contribution is 2.37. The molecule has 1 aromatic carbocycles. The Hall–Kier alpha value is -1.51. The van der Waals surface area contributed by atoms with E-state index in [0.717, 1.165) is 18.5 Å². The number of nitrogens with zero attached hydrogens (tertiary/aromatic N) is 1. The molecular weight excluding hydrogens is 262 g/mol. The summed E-state index contributed by atoms with van der Waals surface area (Å²) in [7, 11) is 0. The molecular formula is C18H25NO2. The van der Waals surface area contributed by atoms with Crippen LogP contribution >= 0.6 is 0 Å². The standard InChI is InChI=1S/C18H25NO2/c1-18(2,17(20)21)14-9-8-13-10-11-19(16(13)12-14)15-6-4-3-5-7-15/h8-9,12,15H,3-7,10-11H2,1-2H3,(H,20,21). The third kappa shape index (κ3) is 2.54. The molecule has 1 aromatic rings. The van der Waals surface area contributed by atoms with Gasteiger partial charge in [-0.15, -0.1) is 0 Å². The molecule has 3 heteroatoms. The lowest BCUT2D eigenvalue weighted by Crippen LogP contribution is -2.35. The fraction of sp³-hybridized carbons (Fsp3) is 0.611. The number of carboxylic acid groups (broad SMARTS) is 1. The Morgan fingerprint density at radius 3 is 2.62 bits per heavy atom. The number of hydrogen-bond donors (Lipinski definition) is 1. The minimum absolute atomic E-state index is 0.656. The molecule has 0 saturated heterocycles. The highest BCUT2D eigenvalue weighted by Gasteiger charge is 2.33. The van der Waals surface area contributed by atoms with Crippen LogP contribution in [0.2, 0.25) is 0 Å². The number of carbonyl (C=O) groups is 1. The highest BCUT2D eigenvalue weighted by atomic mass is 16.4. The van der Waals surface area contributed by atoms with Crippen LogP contribution in [0.3, 0.4) is 0 Å². The van der Waals surface area contributed by atoms with Crippen molar-refractivity contribution in [3.8, 4) is 0 Å². The lowest BCUT2D eigenvalue weighted by Gasteiger charge is -2.34. The summed E-state index contributed by atoms with van der Waals surface area (Å²) in [5.74, 6) is -0.760.